The topological polar surface area (TPSA) is 37.3 Å². The van der Waals surface area contributed by atoms with E-state index in [2.05, 4.69) is 0 Å². The normalized spacial score (nSPS) is 14.1. The van der Waals surface area contributed by atoms with Crippen LogP contribution in [-0.4, -0.2) is 5.11 Å². The molecule has 0 aromatic heterocycles. The molecule has 0 spiro atoms. The molecule has 0 aliphatic carbocycles. The van der Waals surface area contributed by atoms with E-state index in [0.29, 0.717) is 21.2 Å². The zero-order valence-electron chi connectivity index (χ0n) is 13.3. The second-order valence-electron chi connectivity index (χ2n) is 5.81. The molecule has 0 heterocycles. The Labute approximate surface area is 147 Å². The van der Waals surface area contributed by atoms with Crippen molar-refractivity contribution in [3.8, 4) is 0 Å². The maximum absolute atomic E-state index is 14.2. The van der Waals surface area contributed by atoms with Crippen LogP contribution in [-0.2, 0) is 9.91 Å². The Kier molecular flexibility index (Phi) is 4.64. The first-order chi connectivity index (χ1) is 11.5. The van der Waals surface area contributed by atoms with Crippen LogP contribution in [0.4, 0.5) is 0 Å². The fourth-order valence-electron chi connectivity index (χ4n) is 2.88. The van der Waals surface area contributed by atoms with Crippen molar-refractivity contribution in [2.24, 2.45) is 0 Å². The molecule has 122 valence electrons. The van der Waals surface area contributed by atoms with Crippen LogP contribution in [0.15, 0.2) is 84.9 Å². The molecule has 3 rings (SSSR count). The van der Waals surface area contributed by atoms with Gasteiger partial charge in [0.25, 0.3) is 0 Å². The van der Waals surface area contributed by atoms with E-state index in [9.17, 15) is 9.67 Å². The Morgan fingerprint density at radius 3 is 1.62 bits per heavy atom. The molecule has 0 aliphatic heterocycles. The predicted molar refractivity (Wildman–Crippen MR) is 101 cm³/mol. The van der Waals surface area contributed by atoms with E-state index in [1.807, 2.05) is 36.4 Å². The van der Waals surface area contributed by atoms with Gasteiger partial charge in [-0.25, -0.2) is 0 Å². The minimum absolute atomic E-state index is 0.572. The molecule has 0 bridgehead atoms. The molecular weight excluding hydrogens is 339 g/mol. The molecule has 0 fully saturated rings. The summed E-state index contributed by atoms with van der Waals surface area (Å²) >= 11 is 5.96. The van der Waals surface area contributed by atoms with Gasteiger partial charge in [-0.05, 0) is 24.6 Å². The van der Waals surface area contributed by atoms with Crippen molar-refractivity contribution in [2.75, 3.05) is 0 Å². The van der Waals surface area contributed by atoms with Gasteiger partial charge in [-0.3, -0.25) is 0 Å². The van der Waals surface area contributed by atoms with Crippen molar-refractivity contribution in [3.05, 3.63) is 95.5 Å². The number of halogens is 1. The summed E-state index contributed by atoms with van der Waals surface area (Å²) in [5.74, 6) is 0. The van der Waals surface area contributed by atoms with Crippen molar-refractivity contribution >= 4 is 29.4 Å². The SMILES string of the molecule is CC(O)(c1ccc(Cl)cc1)P(=O)(c1ccccc1)c1ccccc1. The van der Waals surface area contributed by atoms with Crippen molar-refractivity contribution in [1.82, 2.24) is 0 Å². The van der Waals surface area contributed by atoms with E-state index in [4.69, 9.17) is 11.6 Å². The van der Waals surface area contributed by atoms with E-state index in [1.54, 1.807) is 55.5 Å². The van der Waals surface area contributed by atoms with Gasteiger partial charge in [0.15, 0.2) is 7.14 Å². The minimum atomic E-state index is -3.35. The molecule has 24 heavy (non-hydrogen) atoms. The monoisotopic (exact) mass is 356 g/mol. The highest BCUT2D eigenvalue weighted by Gasteiger charge is 2.46. The Morgan fingerprint density at radius 1 is 0.792 bits per heavy atom. The first-order valence-corrected chi connectivity index (χ1v) is 9.74. The average molecular weight is 357 g/mol. The Balaban J connectivity index is 2.26. The second kappa shape index (κ2) is 6.57. The first-order valence-electron chi connectivity index (χ1n) is 7.66. The van der Waals surface area contributed by atoms with Gasteiger partial charge in [-0.2, -0.15) is 0 Å². The Bertz CT molecular complexity index is 816. The van der Waals surface area contributed by atoms with E-state index < -0.39 is 12.5 Å². The van der Waals surface area contributed by atoms with Gasteiger partial charge in [-0.15, -0.1) is 0 Å². The van der Waals surface area contributed by atoms with Gasteiger partial charge in [0, 0.05) is 15.6 Å². The zero-order valence-corrected chi connectivity index (χ0v) is 14.9. The molecule has 0 saturated heterocycles. The summed E-state index contributed by atoms with van der Waals surface area (Å²) in [5.41, 5.74) is 0.572. The molecule has 0 aliphatic rings. The molecule has 3 aromatic carbocycles. The summed E-state index contributed by atoms with van der Waals surface area (Å²) < 4.78 is 14.2. The van der Waals surface area contributed by atoms with Gasteiger partial charge in [0.1, 0.15) is 5.34 Å². The highest BCUT2D eigenvalue weighted by Crippen LogP contribution is 2.59. The zero-order chi connectivity index (χ0) is 17.2. The number of benzene rings is 3. The largest absolute Gasteiger partial charge is 0.377 e. The van der Waals surface area contributed by atoms with E-state index in [1.165, 1.54) is 0 Å². The van der Waals surface area contributed by atoms with Crippen LogP contribution in [0.5, 0.6) is 0 Å². The minimum Gasteiger partial charge on any atom is -0.377 e. The van der Waals surface area contributed by atoms with Crippen LogP contribution in [0.25, 0.3) is 0 Å². The van der Waals surface area contributed by atoms with Crippen LogP contribution in [0.3, 0.4) is 0 Å². The highest BCUT2D eigenvalue weighted by atomic mass is 35.5. The van der Waals surface area contributed by atoms with Gasteiger partial charge < -0.3 is 9.67 Å². The lowest BCUT2D eigenvalue weighted by molar-refractivity contribution is 0.146. The summed E-state index contributed by atoms with van der Waals surface area (Å²) in [6.45, 7) is 1.61. The van der Waals surface area contributed by atoms with Crippen molar-refractivity contribution in [1.29, 1.82) is 0 Å². The maximum Gasteiger partial charge on any atom is 0.177 e. The predicted octanol–water partition coefficient (Wildman–Crippen LogP) is 4.52. The third-order valence-corrected chi connectivity index (χ3v) is 8.03. The molecule has 0 radical (unpaired) electrons. The van der Waals surface area contributed by atoms with Crippen molar-refractivity contribution < 1.29 is 9.67 Å². The van der Waals surface area contributed by atoms with Gasteiger partial charge in [0.2, 0.25) is 0 Å². The summed E-state index contributed by atoms with van der Waals surface area (Å²) in [7, 11) is -3.35. The summed E-state index contributed by atoms with van der Waals surface area (Å²) in [6, 6.07) is 25.1. The lowest BCUT2D eigenvalue weighted by atomic mass is 10.1. The molecular formula is C20H18ClO2P. The highest BCUT2D eigenvalue weighted by molar-refractivity contribution is 7.79. The third kappa shape index (κ3) is 2.82. The van der Waals surface area contributed by atoms with Crippen LogP contribution in [0.2, 0.25) is 5.02 Å². The number of hydrogen-bond acceptors (Lipinski definition) is 2. The van der Waals surface area contributed by atoms with Crippen LogP contribution < -0.4 is 10.6 Å². The van der Waals surface area contributed by atoms with Crippen molar-refractivity contribution in [3.63, 3.8) is 0 Å². The molecule has 0 amide bonds. The molecule has 0 saturated carbocycles. The van der Waals surface area contributed by atoms with E-state index in [0.717, 1.165) is 0 Å². The molecule has 1 unspecified atom stereocenters. The van der Waals surface area contributed by atoms with Gasteiger partial charge >= 0.3 is 0 Å². The molecule has 1 N–H and O–H groups in total. The molecule has 2 nitrogen and oxygen atoms in total. The molecule has 1 atom stereocenters. The lowest BCUT2D eigenvalue weighted by Crippen LogP contribution is -2.33. The smallest absolute Gasteiger partial charge is 0.177 e. The standard InChI is InChI=1S/C20H18ClO2P/c1-20(22,16-12-14-17(21)15-13-16)24(23,18-8-4-2-5-9-18)19-10-6-3-7-11-19/h2-15,22H,1H3. The quantitative estimate of drug-likeness (QED) is 0.698. The number of hydrogen-bond donors (Lipinski definition) is 1. The fraction of sp³-hybridized carbons (Fsp3) is 0.100. The first kappa shape index (κ1) is 17.0. The Hall–Kier alpha value is -1.86. The average Bonchev–Trinajstić information content (AvgIpc) is 2.62. The Morgan fingerprint density at radius 2 is 1.21 bits per heavy atom. The maximum atomic E-state index is 14.2. The summed E-state index contributed by atoms with van der Waals surface area (Å²) in [5, 5.41) is 11.7. The lowest BCUT2D eigenvalue weighted by Gasteiger charge is -2.34. The van der Waals surface area contributed by atoms with Crippen LogP contribution >= 0.6 is 18.7 Å². The van der Waals surface area contributed by atoms with Crippen LogP contribution in [0, 0.1) is 0 Å². The number of rotatable bonds is 4. The van der Waals surface area contributed by atoms with Gasteiger partial charge in [-0.1, -0.05) is 84.4 Å². The third-order valence-electron chi connectivity index (χ3n) is 4.24. The summed E-state index contributed by atoms with van der Waals surface area (Å²) in [4.78, 5) is 0. The second-order valence-corrected chi connectivity index (χ2v) is 9.37. The van der Waals surface area contributed by atoms with E-state index >= 15 is 0 Å². The number of aliphatic hydroxyl groups is 1. The van der Waals surface area contributed by atoms with E-state index in [-0.39, 0.29) is 0 Å². The summed E-state index contributed by atoms with van der Waals surface area (Å²) in [6.07, 6.45) is 0. The van der Waals surface area contributed by atoms with Gasteiger partial charge in [0.05, 0.1) is 0 Å². The molecule has 3 aromatic rings. The molecule has 4 heteroatoms. The van der Waals surface area contributed by atoms with Crippen LogP contribution in [0.1, 0.15) is 12.5 Å². The fourth-order valence-corrected chi connectivity index (χ4v) is 6.00. The van der Waals surface area contributed by atoms with Crippen molar-refractivity contribution in [2.45, 2.75) is 12.3 Å².